The molecule has 9 aromatic rings. The lowest BCUT2D eigenvalue weighted by atomic mass is 10.0. The van der Waals surface area contributed by atoms with Gasteiger partial charge in [0.05, 0.1) is 22.2 Å². The predicted octanol–water partition coefficient (Wildman–Crippen LogP) is 10.2. The Morgan fingerprint density at radius 3 is 1.43 bits per heavy atom. The van der Waals surface area contributed by atoms with Crippen LogP contribution in [-0.4, -0.2) is 24.5 Å². The van der Waals surface area contributed by atoms with Gasteiger partial charge < -0.3 is 4.57 Å². The second-order valence-corrected chi connectivity index (χ2v) is 11.5. The average molecular weight is 602 g/mol. The van der Waals surface area contributed by atoms with Crippen LogP contribution in [0.15, 0.2) is 164 Å². The first-order valence-corrected chi connectivity index (χ1v) is 15.7. The van der Waals surface area contributed by atoms with Gasteiger partial charge in [0.25, 0.3) is 0 Å². The van der Waals surface area contributed by atoms with Gasteiger partial charge in [0, 0.05) is 44.1 Å². The van der Waals surface area contributed by atoms with Crippen molar-refractivity contribution in [3.8, 4) is 51.1 Å². The van der Waals surface area contributed by atoms with Gasteiger partial charge in [-0.15, -0.1) is 0 Å². The van der Waals surface area contributed by atoms with Crippen LogP contribution in [0.2, 0.25) is 0 Å². The summed E-state index contributed by atoms with van der Waals surface area (Å²) >= 11 is 0. The van der Waals surface area contributed by atoms with E-state index in [1.807, 2.05) is 66.7 Å². The van der Waals surface area contributed by atoms with Gasteiger partial charge in [-0.2, -0.15) is 0 Å². The molecule has 3 heterocycles. The molecule has 3 aromatic heterocycles. The molecule has 220 valence electrons. The van der Waals surface area contributed by atoms with Crippen LogP contribution in [0, 0.1) is 0 Å². The molecule has 0 saturated heterocycles. The fourth-order valence-electron chi connectivity index (χ4n) is 6.45. The number of fused-ring (bicyclic) bond motifs is 5. The maximum Gasteiger partial charge on any atom is 0.164 e. The van der Waals surface area contributed by atoms with Crippen molar-refractivity contribution in [1.29, 1.82) is 0 Å². The first-order valence-electron chi connectivity index (χ1n) is 15.7. The molecule has 0 bridgehead atoms. The van der Waals surface area contributed by atoms with E-state index in [-0.39, 0.29) is 0 Å². The van der Waals surface area contributed by atoms with Crippen LogP contribution < -0.4 is 0 Å². The minimum atomic E-state index is 0.632. The summed E-state index contributed by atoms with van der Waals surface area (Å²) in [5.41, 5.74) is 9.18. The summed E-state index contributed by atoms with van der Waals surface area (Å²) in [5.74, 6) is 1.93. The third kappa shape index (κ3) is 4.64. The first kappa shape index (κ1) is 26.9. The Labute approximate surface area is 271 Å². The molecule has 5 heteroatoms. The molecular weight excluding hydrogens is 574 g/mol. The molecule has 0 aliphatic carbocycles. The van der Waals surface area contributed by atoms with Gasteiger partial charge in [-0.3, -0.25) is 0 Å². The molecule has 0 aliphatic rings. The zero-order valence-electron chi connectivity index (χ0n) is 25.3. The Morgan fingerprint density at radius 2 is 0.830 bits per heavy atom. The van der Waals surface area contributed by atoms with E-state index in [1.54, 1.807) is 0 Å². The van der Waals surface area contributed by atoms with E-state index in [2.05, 4.69) is 102 Å². The minimum Gasteiger partial charge on any atom is -0.308 e. The summed E-state index contributed by atoms with van der Waals surface area (Å²) in [6, 6.07) is 56.2. The molecular formula is C42H27N5. The number of hydrogen-bond donors (Lipinski definition) is 0. The predicted molar refractivity (Wildman–Crippen MR) is 191 cm³/mol. The molecule has 0 unspecified atom stereocenters. The van der Waals surface area contributed by atoms with Crippen molar-refractivity contribution >= 4 is 32.7 Å². The molecule has 9 rings (SSSR count). The molecule has 0 aliphatic heterocycles. The van der Waals surface area contributed by atoms with Crippen molar-refractivity contribution in [2.24, 2.45) is 0 Å². The van der Waals surface area contributed by atoms with Crippen LogP contribution in [0.4, 0.5) is 0 Å². The van der Waals surface area contributed by atoms with E-state index >= 15 is 0 Å². The van der Waals surface area contributed by atoms with Gasteiger partial charge in [0.1, 0.15) is 0 Å². The number of pyridine rings is 1. The molecule has 0 spiro atoms. The van der Waals surface area contributed by atoms with Crippen molar-refractivity contribution in [2.45, 2.75) is 0 Å². The SMILES string of the molecule is c1ccc(-c2nc(-c3ccccc3)nc(-c3ccc(-n4c5ccccc5c5c(-c6ccccc6)nc6ccccc6c54)cc3)n2)cc1. The summed E-state index contributed by atoms with van der Waals surface area (Å²) in [6.45, 7) is 0. The molecule has 0 amide bonds. The Hall–Kier alpha value is -6.46. The highest BCUT2D eigenvalue weighted by Crippen LogP contribution is 2.41. The summed E-state index contributed by atoms with van der Waals surface area (Å²) in [5, 5.41) is 3.42. The van der Waals surface area contributed by atoms with Crippen molar-refractivity contribution in [1.82, 2.24) is 24.5 Å². The molecule has 47 heavy (non-hydrogen) atoms. The zero-order chi connectivity index (χ0) is 31.2. The number of aromatic nitrogens is 5. The second kappa shape index (κ2) is 11.2. The Kier molecular flexibility index (Phi) is 6.39. The fourth-order valence-corrected chi connectivity index (χ4v) is 6.45. The smallest absolute Gasteiger partial charge is 0.164 e. The number of rotatable bonds is 5. The molecule has 0 saturated carbocycles. The molecule has 0 fully saturated rings. The number of para-hydroxylation sites is 2. The topological polar surface area (TPSA) is 56.5 Å². The summed E-state index contributed by atoms with van der Waals surface area (Å²) in [4.78, 5) is 20.0. The fraction of sp³-hybridized carbons (Fsp3) is 0. The number of nitrogens with zero attached hydrogens (tertiary/aromatic N) is 5. The van der Waals surface area contributed by atoms with Crippen LogP contribution in [0.3, 0.4) is 0 Å². The van der Waals surface area contributed by atoms with E-state index in [4.69, 9.17) is 19.9 Å². The lowest BCUT2D eigenvalue weighted by molar-refractivity contribution is 1.07. The van der Waals surface area contributed by atoms with Crippen molar-refractivity contribution < 1.29 is 0 Å². The van der Waals surface area contributed by atoms with E-state index in [0.717, 1.165) is 61.0 Å². The normalized spacial score (nSPS) is 11.4. The van der Waals surface area contributed by atoms with Crippen LogP contribution >= 0.6 is 0 Å². The quantitative estimate of drug-likeness (QED) is 0.197. The van der Waals surface area contributed by atoms with Gasteiger partial charge in [-0.05, 0) is 36.4 Å². The van der Waals surface area contributed by atoms with Crippen LogP contribution in [0.25, 0.3) is 83.8 Å². The van der Waals surface area contributed by atoms with Crippen molar-refractivity contribution in [3.63, 3.8) is 0 Å². The monoisotopic (exact) mass is 601 g/mol. The zero-order valence-corrected chi connectivity index (χ0v) is 25.3. The third-order valence-corrected chi connectivity index (χ3v) is 8.63. The summed E-state index contributed by atoms with van der Waals surface area (Å²) < 4.78 is 2.36. The van der Waals surface area contributed by atoms with Crippen LogP contribution in [0.1, 0.15) is 0 Å². The Bertz CT molecular complexity index is 2480. The Balaban J connectivity index is 1.25. The highest BCUT2D eigenvalue weighted by Gasteiger charge is 2.20. The first-order chi connectivity index (χ1) is 23.3. The standard InChI is InChI=1S/C42H27N5/c1-4-14-28(15-5-1)38-37-34-21-11-13-23-36(34)47(39(37)33-20-10-12-22-35(33)43-38)32-26-24-31(25-27-32)42-45-40(29-16-6-2-7-17-29)44-41(46-42)30-18-8-3-9-19-30/h1-27H. The summed E-state index contributed by atoms with van der Waals surface area (Å²) in [6.07, 6.45) is 0. The van der Waals surface area contributed by atoms with Gasteiger partial charge in [-0.1, -0.05) is 127 Å². The lowest BCUT2D eigenvalue weighted by Gasteiger charge is -2.13. The highest BCUT2D eigenvalue weighted by atomic mass is 15.0. The van der Waals surface area contributed by atoms with Crippen molar-refractivity contribution in [2.75, 3.05) is 0 Å². The van der Waals surface area contributed by atoms with Gasteiger partial charge in [-0.25, -0.2) is 19.9 Å². The third-order valence-electron chi connectivity index (χ3n) is 8.63. The van der Waals surface area contributed by atoms with Gasteiger partial charge in [0.15, 0.2) is 17.5 Å². The molecule has 5 nitrogen and oxygen atoms in total. The van der Waals surface area contributed by atoms with Crippen molar-refractivity contribution in [3.05, 3.63) is 164 Å². The van der Waals surface area contributed by atoms with E-state index < -0.39 is 0 Å². The summed E-state index contributed by atoms with van der Waals surface area (Å²) in [7, 11) is 0. The maximum atomic E-state index is 5.22. The largest absolute Gasteiger partial charge is 0.308 e. The van der Waals surface area contributed by atoms with Crippen LogP contribution in [-0.2, 0) is 0 Å². The second-order valence-electron chi connectivity index (χ2n) is 11.5. The highest BCUT2D eigenvalue weighted by molar-refractivity contribution is 6.22. The van der Waals surface area contributed by atoms with Crippen LogP contribution in [0.5, 0.6) is 0 Å². The number of benzene rings is 6. The average Bonchev–Trinajstić information content (AvgIpc) is 3.51. The van der Waals surface area contributed by atoms with E-state index in [0.29, 0.717) is 17.5 Å². The van der Waals surface area contributed by atoms with E-state index in [9.17, 15) is 0 Å². The van der Waals surface area contributed by atoms with Gasteiger partial charge >= 0.3 is 0 Å². The maximum absolute atomic E-state index is 5.22. The molecule has 0 atom stereocenters. The Morgan fingerprint density at radius 1 is 0.362 bits per heavy atom. The molecule has 6 aromatic carbocycles. The molecule has 0 radical (unpaired) electrons. The molecule has 0 N–H and O–H groups in total. The minimum absolute atomic E-state index is 0.632. The number of hydrogen-bond acceptors (Lipinski definition) is 4. The lowest BCUT2D eigenvalue weighted by Crippen LogP contribution is -2.00. The van der Waals surface area contributed by atoms with Gasteiger partial charge in [0.2, 0.25) is 0 Å². The van der Waals surface area contributed by atoms with E-state index in [1.165, 1.54) is 5.39 Å².